The van der Waals surface area contributed by atoms with E-state index in [1.807, 2.05) is 0 Å². The van der Waals surface area contributed by atoms with Gasteiger partial charge in [0, 0.05) is 0 Å². The fraction of sp³-hybridized carbons (Fsp3) is 0.300. The number of halogens is 1. The highest BCUT2D eigenvalue weighted by Gasteiger charge is 2.55. The highest BCUT2D eigenvalue weighted by atomic mass is 35.5. The molecule has 0 bridgehead atoms. The Kier molecular flexibility index (Phi) is 2.35. The molecule has 0 saturated heterocycles. The van der Waals surface area contributed by atoms with E-state index in [1.54, 1.807) is 12.1 Å². The summed E-state index contributed by atoms with van der Waals surface area (Å²) >= 11 is 5.80. The lowest BCUT2D eigenvalue weighted by molar-refractivity contribution is -0.108. The largest absolute Gasteiger partial charge is 0.302 e. The summed E-state index contributed by atoms with van der Waals surface area (Å²) in [6.45, 7) is 0. The number of carbonyl (C=O) groups is 1. The van der Waals surface area contributed by atoms with Crippen molar-refractivity contribution >= 4 is 27.7 Å². The highest BCUT2D eigenvalue weighted by molar-refractivity contribution is 7.94. The fourth-order valence-corrected chi connectivity index (χ4v) is 3.68. The van der Waals surface area contributed by atoms with Crippen molar-refractivity contribution in [1.82, 2.24) is 0 Å². The van der Waals surface area contributed by atoms with E-state index in [9.17, 15) is 13.2 Å². The van der Waals surface area contributed by atoms with E-state index in [4.69, 9.17) is 11.6 Å². The van der Waals surface area contributed by atoms with E-state index in [0.29, 0.717) is 19.1 Å². The molecule has 1 aliphatic rings. The normalized spacial score (nSPS) is 18.5. The Morgan fingerprint density at radius 2 is 1.87 bits per heavy atom. The smallest absolute Gasteiger partial charge is 0.192 e. The van der Waals surface area contributed by atoms with Gasteiger partial charge in [-0.3, -0.25) is 0 Å². The summed E-state index contributed by atoms with van der Waals surface area (Å²) in [6, 6.07) is 6.19. The van der Waals surface area contributed by atoms with Crippen molar-refractivity contribution in [3.63, 3.8) is 0 Å². The number of hydrogen-bond donors (Lipinski definition) is 0. The van der Waals surface area contributed by atoms with Crippen LogP contribution in [0.4, 0.5) is 0 Å². The number of rotatable bonds is 3. The van der Waals surface area contributed by atoms with Gasteiger partial charge in [-0.05, 0) is 25.0 Å². The summed E-state index contributed by atoms with van der Waals surface area (Å²) in [5.41, 5.74) is 0. The Morgan fingerprint density at radius 1 is 1.27 bits per heavy atom. The van der Waals surface area contributed by atoms with E-state index in [1.165, 1.54) is 12.1 Å². The van der Waals surface area contributed by atoms with Gasteiger partial charge >= 0.3 is 0 Å². The number of benzene rings is 1. The molecule has 0 N–H and O–H groups in total. The average Bonchev–Trinajstić information content (AvgIpc) is 2.98. The molecule has 2 rings (SSSR count). The monoisotopic (exact) mass is 244 g/mol. The lowest BCUT2D eigenvalue weighted by Crippen LogP contribution is -2.25. The van der Waals surface area contributed by atoms with Crippen LogP contribution >= 0.6 is 11.6 Å². The van der Waals surface area contributed by atoms with Gasteiger partial charge in [-0.2, -0.15) is 0 Å². The molecule has 1 saturated carbocycles. The number of hydrogen-bond acceptors (Lipinski definition) is 3. The molecule has 0 heterocycles. The lowest BCUT2D eigenvalue weighted by Gasteiger charge is -2.10. The van der Waals surface area contributed by atoms with Crippen LogP contribution in [-0.2, 0) is 14.6 Å². The third-order valence-electron chi connectivity index (χ3n) is 2.62. The Labute approximate surface area is 93.0 Å². The Hall–Kier alpha value is -0.870. The third kappa shape index (κ3) is 1.48. The van der Waals surface area contributed by atoms with Crippen LogP contribution in [0, 0.1) is 0 Å². The lowest BCUT2D eigenvalue weighted by atomic mass is 10.4. The summed E-state index contributed by atoms with van der Waals surface area (Å²) in [6.07, 6.45) is 1.31. The minimum atomic E-state index is -3.61. The summed E-state index contributed by atoms with van der Waals surface area (Å²) in [4.78, 5) is 10.9. The molecule has 1 aliphatic carbocycles. The molecule has 15 heavy (non-hydrogen) atoms. The van der Waals surface area contributed by atoms with Crippen LogP contribution in [0.2, 0.25) is 5.02 Å². The highest BCUT2D eigenvalue weighted by Crippen LogP contribution is 2.46. The van der Waals surface area contributed by atoms with Crippen molar-refractivity contribution in [2.45, 2.75) is 22.5 Å². The van der Waals surface area contributed by atoms with Crippen molar-refractivity contribution in [2.24, 2.45) is 0 Å². The molecule has 0 aliphatic heterocycles. The maximum absolute atomic E-state index is 12.1. The van der Waals surface area contributed by atoms with Gasteiger partial charge in [0.05, 0.1) is 9.92 Å². The van der Waals surface area contributed by atoms with Crippen molar-refractivity contribution < 1.29 is 13.2 Å². The third-order valence-corrected chi connectivity index (χ3v) is 5.57. The molecule has 80 valence electrons. The predicted octanol–water partition coefficient (Wildman–Crippen LogP) is 1.85. The minimum absolute atomic E-state index is 0.0521. The van der Waals surface area contributed by atoms with Crippen LogP contribution in [0.25, 0.3) is 0 Å². The van der Waals surface area contributed by atoms with Gasteiger partial charge in [-0.25, -0.2) is 8.42 Å². The molecule has 0 aromatic heterocycles. The van der Waals surface area contributed by atoms with Crippen LogP contribution in [0.3, 0.4) is 0 Å². The number of sulfone groups is 1. The zero-order valence-corrected chi connectivity index (χ0v) is 9.38. The standard InChI is InChI=1S/C10H9ClO3S/c11-8-3-1-2-4-9(8)15(13,14)10(7-12)5-6-10/h1-4,7H,5-6H2. The second-order valence-electron chi connectivity index (χ2n) is 3.62. The topological polar surface area (TPSA) is 51.2 Å². The van der Waals surface area contributed by atoms with E-state index in [-0.39, 0.29) is 9.92 Å². The molecule has 3 nitrogen and oxygen atoms in total. The number of carbonyl (C=O) groups excluding carboxylic acids is 1. The second-order valence-corrected chi connectivity index (χ2v) is 6.28. The summed E-state index contributed by atoms with van der Waals surface area (Å²) < 4.78 is 22.9. The van der Waals surface area contributed by atoms with Crippen molar-refractivity contribution in [2.75, 3.05) is 0 Å². The van der Waals surface area contributed by atoms with Crippen LogP contribution in [0.1, 0.15) is 12.8 Å². The SMILES string of the molecule is O=CC1(S(=O)(=O)c2ccccc2Cl)CC1. The predicted molar refractivity (Wildman–Crippen MR) is 56.7 cm³/mol. The van der Waals surface area contributed by atoms with E-state index in [2.05, 4.69) is 0 Å². The molecule has 0 atom stereocenters. The molecule has 5 heteroatoms. The first-order valence-corrected chi connectivity index (χ1v) is 6.35. The Bertz CT molecular complexity index is 503. The van der Waals surface area contributed by atoms with Crippen molar-refractivity contribution in [3.05, 3.63) is 29.3 Å². The first-order valence-electron chi connectivity index (χ1n) is 4.49. The maximum Gasteiger partial charge on any atom is 0.192 e. The molecule has 1 aromatic carbocycles. The fourth-order valence-electron chi connectivity index (χ4n) is 1.45. The maximum atomic E-state index is 12.1. The van der Waals surface area contributed by atoms with Crippen LogP contribution < -0.4 is 0 Å². The Balaban J connectivity index is 2.57. The minimum Gasteiger partial charge on any atom is -0.302 e. The molecule has 0 spiro atoms. The van der Waals surface area contributed by atoms with Gasteiger partial charge in [0.15, 0.2) is 9.84 Å². The zero-order chi connectivity index (χ0) is 11.1. The van der Waals surface area contributed by atoms with Gasteiger partial charge in [-0.15, -0.1) is 0 Å². The molecule has 0 radical (unpaired) electrons. The Morgan fingerprint density at radius 3 is 2.33 bits per heavy atom. The van der Waals surface area contributed by atoms with Gasteiger partial charge in [-0.1, -0.05) is 23.7 Å². The molecular formula is C10H9ClO3S. The second kappa shape index (κ2) is 3.32. The number of aldehydes is 1. The summed E-state index contributed by atoms with van der Waals surface area (Å²) in [5, 5.41) is 0.172. The zero-order valence-electron chi connectivity index (χ0n) is 7.81. The van der Waals surface area contributed by atoms with Crippen molar-refractivity contribution in [1.29, 1.82) is 0 Å². The summed E-state index contributed by atoms with van der Waals surface area (Å²) in [7, 11) is -3.61. The van der Waals surface area contributed by atoms with Gasteiger partial charge < -0.3 is 4.79 Å². The van der Waals surface area contributed by atoms with Crippen LogP contribution in [0.15, 0.2) is 29.2 Å². The molecule has 1 fully saturated rings. The van der Waals surface area contributed by atoms with E-state index in [0.717, 1.165) is 0 Å². The first kappa shape index (κ1) is 10.6. The molecule has 1 aromatic rings. The van der Waals surface area contributed by atoms with Crippen LogP contribution in [-0.4, -0.2) is 19.5 Å². The quantitative estimate of drug-likeness (QED) is 0.763. The molecule has 0 unspecified atom stereocenters. The van der Waals surface area contributed by atoms with E-state index < -0.39 is 14.6 Å². The average molecular weight is 245 g/mol. The summed E-state index contributed by atoms with van der Waals surface area (Å²) in [5.74, 6) is 0. The molecule has 0 amide bonds. The van der Waals surface area contributed by atoms with Crippen LogP contribution in [0.5, 0.6) is 0 Å². The van der Waals surface area contributed by atoms with Gasteiger partial charge in [0.2, 0.25) is 0 Å². The van der Waals surface area contributed by atoms with E-state index >= 15 is 0 Å². The first-order chi connectivity index (χ1) is 7.03. The van der Waals surface area contributed by atoms with Gasteiger partial charge in [0.25, 0.3) is 0 Å². The van der Waals surface area contributed by atoms with Crippen molar-refractivity contribution in [3.8, 4) is 0 Å². The molecular weight excluding hydrogens is 236 g/mol. The van der Waals surface area contributed by atoms with Gasteiger partial charge in [0.1, 0.15) is 11.0 Å².